The van der Waals surface area contributed by atoms with Crippen LogP contribution < -0.4 is 4.90 Å². The number of hydrogen-bond donors (Lipinski definition) is 0. The third kappa shape index (κ3) is 1.10. The first-order valence-corrected chi connectivity index (χ1v) is 5.87. The van der Waals surface area contributed by atoms with E-state index in [9.17, 15) is 0 Å². The van der Waals surface area contributed by atoms with Crippen LogP contribution in [0, 0.1) is 0 Å². The van der Waals surface area contributed by atoms with Crippen molar-refractivity contribution < 1.29 is 9.47 Å². The molecule has 2 heterocycles. The first kappa shape index (κ1) is 10.1. The first-order valence-electron chi connectivity index (χ1n) is 5.87. The second-order valence-corrected chi connectivity index (χ2v) is 4.42. The SMILES string of the molecule is CCO[C@@]12CCO[C@@H]1N(C)c1ccccc12. The van der Waals surface area contributed by atoms with Crippen LogP contribution in [-0.4, -0.2) is 26.5 Å². The minimum Gasteiger partial charge on any atom is -0.366 e. The quantitative estimate of drug-likeness (QED) is 0.760. The van der Waals surface area contributed by atoms with Gasteiger partial charge >= 0.3 is 0 Å². The van der Waals surface area contributed by atoms with Gasteiger partial charge in [-0.3, -0.25) is 0 Å². The molecule has 0 amide bonds. The molecule has 1 saturated heterocycles. The lowest BCUT2D eigenvalue weighted by molar-refractivity contribution is -0.0823. The van der Waals surface area contributed by atoms with Gasteiger partial charge in [-0.1, -0.05) is 18.2 Å². The van der Waals surface area contributed by atoms with Crippen LogP contribution in [0.3, 0.4) is 0 Å². The van der Waals surface area contributed by atoms with E-state index in [0.717, 1.165) is 19.6 Å². The number of benzene rings is 1. The van der Waals surface area contributed by atoms with E-state index in [1.807, 2.05) is 6.92 Å². The largest absolute Gasteiger partial charge is 0.366 e. The highest BCUT2D eigenvalue weighted by atomic mass is 16.6. The zero-order valence-electron chi connectivity index (χ0n) is 9.77. The number of ether oxygens (including phenoxy) is 2. The highest BCUT2D eigenvalue weighted by molar-refractivity contribution is 5.62. The Morgan fingerprint density at radius 1 is 1.50 bits per heavy atom. The van der Waals surface area contributed by atoms with Crippen molar-refractivity contribution in [2.24, 2.45) is 0 Å². The van der Waals surface area contributed by atoms with Crippen LogP contribution in [0.4, 0.5) is 5.69 Å². The molecule has 1 fully saturated rings. The summed E-state index contributed by atoms with van der Waals surface area (Å²) in [6.07, 6.45) is 0.997. The summed E-state index contributed by atoms with van der Waals surface area (Å²) in [4.78, 5) is 2.19. The molecular formula is C13H17NO2. The summed E-state index contributed by atoms with van der Waals surface area (Å²) in [6.45, 7) is 3.55. The minimum absolute atomic E-state index is 0.0462. The third-order valence-corrected chi connectivity index (χ3v) is 3.64. The number of likely N-dealkylation sites (N-methyl/N-ethyl adjacent to an activating group) is 1. The van der Waals surface area contributed by atoms with Crippen molar-refractivity contribution in [3.05, 3.63) is 29.8 Å². The summed E-state index contributed by atoms with van der Waals surface area (Å²) in [7, 11) is 2.08. The average molecular weight is 219 g/mol. The fraction of sp³-hybridized carbons (Fsp3) is 0.538. The van der Waals surface area contributed by atoms with Crippen LogP contribution in [0.5, 0.6) is 0 Å². The number of hydrogen-bond acceptors (Lipinski definition) is 3. The van der Waals surface area contributed by atoms with Crippen molar-refractivity contribution in [1.29, 1.82) is 0 Å². The molecule has 0 N–H and O–H groups in total. The van der Waals surface area contributed by atoms with E-state index in [1.165, 1.54) is 11.3 Å². The van der Waals surface area contributed by atoms with Gasteiger partial charge in [0, 0.05) is 31.3 Å². The van der Waals surface area contributed by atoms with E-state index in [1.54, 1.807) is 0 Å². The number of nitrogens with zero attached hydrogens (tertiary/aromatic N) is 1. The fourth-order valence-corrected chi connectivity index (χ4v) is 3.02. The molecule has 0 spiro atoms. The standard InChI is InChI=1S/C13H17NO2/c1-3-16-13-8-9-15-12(13)14(2)11-7-5-4-6-10(11)13/h4-7,12H,3,8-9H2,1-2H3/t12-,13+/m0/s1. The number of rotatable bonds is 2. The Morgan fingerprint density at radius 2 is 2.31 bits per heavy atom. The van der Waals surface area contributed by atoms with E-state index in [4.69, 9.17) is 9.47 Å². The summed E-state index contributed by atoms with van der Waals surface area (Å²) < 4.78 is 11.9. The van der Waals surface area contributed by atoms with Gasteiger partial charge in [0.1, 0.15) is 5.60 Å². The molecule has 86 valence electrons. The maximum Gasteiger partial charge on any atom is 0.163 e. The van der Waals surface area contributed by atoms with Gasteiger partial charge in [0.15, 0.2) is 6.23 Å². The van der Waals surface area contributed by atoms with Crippen molar-refractivity contribution in [2.45, 2.75) is 25.2 Å². The van der Waals surface area contributed by atoms with Crippen LogP contribution in [-0.2, 0) is 15.1 Å². The topological polar surface area (TPSA) is 21.7 Å². The molecule has 0 bridgehead atoms. The summed E-state index contributed by atoms with van der Waals surface area (Å²) in [6, 6.07) is 8.44. The van der Waals surface area contributed by atoms with E-state index in [2.05, 4.69) is 36.2 Å². The number of anilines is 1. The maximum atomic E-state index is 6.04. The van der Waals surface area contributed by atoms with E-state index in [-0.39, 0.29) is 11.8 Å². The molecule has 3 nitrogen and oxygen atoms in total. The van der Waals surface area contributed by atoms with E-state index >= 15 is 0 Å². The van der Waals surface area contributed by atoms with Crippen LogP contribution in [0.2, 0.25) is 0 Å². The lowest BCUT2D eigenvalue weighted by Gasteiger charge is -2.30. The highest BCUT2D eigenvalue weighted by Gasteiger charge is 2.54. The molecule has 0 unspecified atom stereocenters. The van der Waals surface area contributed by atoms with Gasteiger partial charge in [0.05, 0.1) is 6.61 Å². The monoisotopic (exact) mass is 219 g/mol. The number of para-hydroxylation sites is 1. The predicted molar refractivity (Wildman–Crippen MR) is 62.5 cm³/mol. The summed E-state index contributed by atoms with van der Waals surface area (Å²) in [5.74, 6) is 0. The summed E-state index contributed by atoms with van der Waals surface area (Å²) >= 11 is 0. The molecule has 0 radical (unpaired) electrons. The normalized spacial score (nSPS) is 31.6. The molecule has 0 aromatic heterocycles. The van der Waals surface area contributed by atoms with Crippen molar-refractivity contribution >= 4 is 5.69 Å². The highest BCUT2D eigenvalue weighted by Crippen LogP contribution is 2.50. The van der Waals surface area contributed by atoms with Gasteiger partial charge in [-0.05, 0) is 13.0 Å². The van der Waals surface area contributed by atoms with Crippen LogP contribution >= 0.6 is 0 Å². The van der Waals surface area contributed by atoms with Crippen LogP contribution in [0.1, 0.15) is 18.9 Å². The minimum atomic E-state index is -0.236. The molecule has 3 heteroatoms. The lowest BCUT2D eigenvalue weighted by atomic mass is 9.93. The van der Waals surface area contributed by atoms with Crippen molar-refractivity contribution in [3.8, 4) is 0 Å². The Labute approximate surface area is 96.0 Å². The van der Waals surface area contributed by atoms with Crippen molar-refractivity contribution in [2.75, 3.05) is 25.2 Å². The van der Waals surface area contributed by atoms with Gasteiger partial charge in [-0.15, -0.1) is 0 Å². The van der Waals surface area contributed by atoms with Crippen LogP contribution in [0.25, 0.3) is 0 Å². The van der Waals surface area contributed by atoms with Crippen LogP contribution in [0.15, 0.2) is 24.3 Å². The first-order chi connectivity index (χ1) is 7.79. The van der Waals surface area contributed by atoms with Crippen molar-refractivity contribution in [1.82, 2.24) is 0 Å². The Balaban J connectivity index is 2.14. The molecular weight excluding hydrogens is 202 g/mol. The maximum absolute atomic E-state index is 6.04. The van der Waals surface area contributed by atoms with Gasteiger partial charge in [0.2, 0.25) is 0 Å². The smallest absolute Gasteiger partial charge is 0.163 e. The third-order valence-electron chi connectivity index (χ3n) is 3.64. The van der Waals surface area contributed by atoms with Gasteiger partial charge in [0.25, 0.3) is 0 Å². The second-order valence-electron chi connectivity index (χ2n) is 4.42. The van der Waals surface area contributed by atoms with E-state index in [0.29, 0.717) is 0 Å². The van der Waals surface area contributed by atoms with Crippen molar-refractivity contribution in [3.63, 3.8) is 0 Å². The lowest BCUT2D eigenvalue weighted by Crippen LogP contribution is -2.41. The Morgan fingerprint density at radius 3 is 3.12 bits per heavy atom. The molecule has 2 aliphatic heterocycles. The average Bonchev–Trinajstić information content (AvgIpc) is 2.81. The fourth-order valence-electron chi connectivity index (χ4n) is 3.02. The number of fused-ring (bicyclic) bond motifs is 3. The molecule has 1 aromatic carbocycles. The second kappa shape index (κ2) is 3.47. The zero-order valence-corrected chi connectivity index (χ0v) is 9.77. The molecule has 2 atom stereocenters. The van der Waals surface area contributed by atoms with Gasteiger partial charge in [-0.2, -0.15) is 0 Å². The predicted octanol–water partition coefficient (Wildman–Crippen LogP) is 2.11. The van der Waals surface area contributed by atoms with E-state index < -0.39 is 0 Å². The molecule has 3 rings (SSSR count). The molecule has 2 aliphatic rings. The molecule has 0 aliphatic carbocycles. The van der Waals surface area contributed by atoms with Gasteiger partial charge < -0.3 is 14.4 Å². The zero-order chi connectivity index (χ0) is 11.2. The Kier molecular flexibility index (Phi) is 2.19. The Hall–Kier alpha value is -1.06. The Bertz CT molecular complexity index is 407. The molecule has 1 aromatic rings. The molecule has 0 saturated carbocycles. The van der Waals surface area contributed by atoms with Gasteiger partial charge in [-0.25, -0.2) is 0 Å². The molecule has 16 heavy (non-hydrogen) atoms. The summed E-state index contributed by atoms with van der Waals surface area (Å²) in [5.41, 5.74) is 2.28. The summed E-state index contributed by atoms with van der Waals surface area (Å²) in [5, 5.41) is 0.